The second-order valence-corrected chi connectivity index (χ2v) is 3.49. The monoisotopic (exact) mass is 250 g/mol. The fourth-order valence-corrected chi connectivity index (χ4v) is 1.36. The number of ether oxygens (including phenoxy) is 2. The van der Waals surface area contributed by atoms with Gasteiger partial charge in [-0.2, -0.15) is 0 Å². The highest BCUT2D eigenvalue weighted by Gasteiger charge is 2.04. The summed E-state index contributed by atoms with van der Waals surface area (Å²) in [6.45, 7) is 0.775. The average Bonchev–Trinajstić information content (AvgIpc) is 2.88. The zero-order valence-electron chi connectivity index (χ0n) is 9.98. The molecule has 1 heterocycles. The second kappa shape index (κ2) is 6.08. The number of hydrogen-bond donors (Lipinski definition) is 1. The van der Waals surface area contributed by atoms with E-state index in [9.17, 15) is 0 Å². The van der Waals surface area contributed by atoms with E-state index in [1.807, 2.05) is 18.2 Å². The molecule has 0 saturated heterocycles. The molecule has 2 aromatic rings. The van der Waals surface area contributed by atoms with E-state index in [0.29, 0.717) is 19.0 Å². The molecule has 7 heteroatoms. The summed E-state index contributed by atoms with van der Waals surface area (Å²) in [5.74, 6) is 0.980. The number of nitrogens with zero attached hydrogens (tertiary/aromatic N) is 4. The van der Waals surface area contributed by atoms with Crippen LogP contribution in [0.3, 0.4) is 0 Å². The molecule has 0 spiro atoms. The van der Waals surface area contributed by atoms with Crippen molar-refractivity contribution in [2.75, 3.05) is 20.3 Å². The van der Waals surface area contributed by atoms with Gasteiger partial charge in [-0.3, -0.25) is 0 Å². The number of aliphatic hydroxyl groups is 1. The van der Waals surface area contributed by atoms with E-state index < -0.39 is 0 Å². The van der Waals surface area contributed by atoms with E-state index in [0.717, 1.165) is 5.69 Å². The van der Waals surface area contributed by atoms with Crippen LogP contribution < -0.4 is 4.74 Å². The Kier molecular flexibility index (Phi) is 4.21. The van der Waals surface area contributed by atoms with Crippen LogP contribution >= 0.6 is 0 Å². The molecule has 0 fully saturated rings. The Bertz CT molecular complexity index is 501. The summed E-state index contributed by atoms with van der Waals surface area (Å²) in [6, 6.07) is 7.28. The van der Waals surface area contributed by atoms with Crippen molar-refractivity contribution in [1.29, 1.82) is 0 Å². The lowest BCUT2D eigenvalue weighted by molar-refractivity contribution is 0.146. The molecule has 0 unspecified atom stereocenters. The summed E-state index contributed by atoms with van der Waals surface area (Å²) in [7, 11) is 1.62. The number of aliphatic hydroxyl groups excluding tert-OH is 1. The van der Waals surface area contributed by atoms with Crippen LogP contribution in [0.25, 0.3) is 5.69 Å². The Morgan fingerprint density at radius 3 is 2.94 bits per heavy atom. The van der Waals surface area contributed by atoms with Gasteiger partial charge >= 0.3 is 0 Å². The second-order valence-electron chi connectivity index (χ2n) is 3.49. The number of rotatable bonds is 6. The van der Waals surface area contributed by atoms with Gasteiger partial charge in [0.1, 0.15) is 19.0 Å². The summed E-state index contributed by atoms with van der Waals surface area (Å²) < 4.78 is 10.4. The smallest absolute Gasteiger partial charge is 0.200 e. The topological polar surface area (TPSA) is 82.3 Å². The molecule has 0 atom stereocenters. The molecule has 0 saturated carbocycles. The zero-order chi connectivity index (χ0) is 12.8. The Labute approximate surface area is 104 Å². The zero-order valence-corrected chi connectivity index (χ0v) is 9.98. The molecule has 0 bridgehead atoms. The van der Waals surface area contributed by atoms with Gasteiger partial charge in [0.25, 0.3) is 0 Å². The normalized spacial score (nSPS) is 10.6. The highest BCUT2D eigenvalue weighted by molar-refractivity contribution is 5.37. The molecule has 0 aliphatic heterocycles. The third kappa shape index (κ3) is 3.02. The molecule has 1 N–H and O–H groups in total. The van der Waals surface area contributed by atoms with Gasteiger partial charge in [-0.25, -0.2) is 0 Å². The molecule has 0 radical (unpaired) electrons. The maximum absolute atomic E-state index is 8.88. The largest absolute Gasteiger partial charge is 0.491 e. The van der Waals surface area contributed by atoms with Crippen molar-refractivity contribution in [3.63, 3.8) is 0 Å². The van der Waals surface area contributed by atoms with E-state index in [-0.39, 0.29) is 12.4 Å². The van der Waals surface area contributed by atoms with Crippen molar-refractivity contribution in [3.05, 3.63) is 30.1 Å². The van der Waals surface area contributed by atoms with E-state index in [1.165, 1.54) is 4.80 Å². The van der Waals surface area contributed by atoms with Crippen LogP contribution in [0.1, 0.15) is 5.82 Å². The molecular weight excluding hydrogens is 236 g/mol. The van der Waals surface area contributed by atoms with Crippen LogP contribution in [0, 0.1) is 0 Å². The van der Waals surface area contributed by atoms with Crippen LogP contribution in [-0.4, -0.2) is 45.6 Å². The fraction of sp³-hybridized carbons (Fsp3) is 0.364. The Hall–Kier alpha value is -1.99. The minimum Gasteiger partial charge on any atom is -0.491 e. The van der Waals surface area contributed by atoms with Gasteiger partial charge in [-0.1, -0.05) is 6.07 Å². The average molecular weight is 250 g/mol. The molecular formula is C11H14N4O3. The first-order valence-corrected chi connectivity index (χ1v) is 5.45. The van der Waals surface area contributed by atoms with Crippen molar-refractivity contribution in [3.8, 4) is 11.4 Å². The van der Waals surface area contributed by atoms with Gasteiger partial charge in [-0.05, 0) is 17.3 Å². The third-order valence-corrected chi connectivity index (χ3v) is 2.20. The molecule has 2 rings (SSSR count). The maximum atomic E-state index is 8.88. The molecule has 0 aliphatic rings. The number of aromatic nitrogens is 4. The Morgan fingerprint density at radius 2 is 2.22 bits per heavy atom. The van der Waals surface area contributed by atoms with Gasteiger partial charge in [-0.15, -0.1) is 15.0 Å². The third-order valence-electron chi connectivity index (χ3n) is 2.20. The lowest BCUT2D eigenvalue weighted by Gasteiger charge is -2.06. The Morgan fingerprint density at radius 1 is 1.33 bits per heavy atom. The summed E-state index contributed by atoms with van der Waals surface area (Å²) >= 11 is 0. The first kappa shape index (κ1) is 12.5. The van der Waals surface area contributed by atoms with Gasteiger partial charge in [0.15, 0.2) is 0 Å². The first-order valence-electron chi connectivity index (χ1n) is 5.45. The molecule has 0 amide bonds. The summed E-state index contributed by atoms with van der Waals surface area (Å²) in [4.78, 5) is 1.34. The van der Waals surface area contributed by atoms with Gasteiger partial charge < -0.3 is 14.6 Å². The minimum absolute atomic E-state index is 0.232. The molecule has 0 aliphatic carbocycles. The summed E-state index contributed by atoms with van der Waals surface area (Å²) in [5.41, 5.74) is 0.720. The summed E-state index contributed by atoms with van der Waals surface area (Å²) in [5, 5.41) is 20.4. The Balaban J connectivity index is 2.11. The van der Waals surface area contributed by atoms with E-state index >= 15 is 0 Å². The lowest BCUT2D eigenvalue weighted by Crippen LogP contribution is -2.05. The molecule has 18 heavy (non-hydrogen) atoms. The van der Waals surface area contributed by atoms with E-state index in [4.69, 9.17) is 14.6 Å². The summed E-state index contributed by atoms with van der Waals surface area (Å²) in [6.07, 6.45) is 0. The lowest BCUT2D eigenvalue weighted by atomic mass is 10.3. The minimum atomic E-state index is -0.232. The number of tetrazole rings is 1. The van der Waals surface area contributed by atoms with Gasteiger partial charge in [0.2, 0.25) is 5.82 Å². The molecule has 7 nitrogen and oxygen atoms in total. The van der Waals surface area contributed by atoms with Crippen LogP contribution in [0.4, 0.5) is 0 Å². The van der Waals surface area contributed by atoms with Crippen molar-refractivity contribution in [2.45, 2.75) is 6.61 Å². The van der Waals surface area contributed by atoms with Crippen molar-refractivity contribution >= 4 is 0 Å². The van der Waals surface area contributed by atoms with Gasteiger partial charge in [0, 0.05) is 13.2 Å². The molecule has 1 aromatic carbocycles. The number of methoxy groups -OCH3 is 1. The number of benzene rings is 1. The maximum Gasteiger partial charge on any atom is 0.200 e. The quantitative estimate of drug-likeness (QED) is 0.736. The van der Waals surface area contributed by atoms with Crippen molar-refractivity contribution in [2.24, 2.45) is 0 Å². The first-order chi connectivity index (χ1) is 8.83. The highest BCUT2D eigenvalue weighted by atomic mass is 16.5. The highest BCUT2D eigenvalue weighted by Crippen LogP contribution is 2.15. The van der Waals surface area contributed by atoms with E-state index in [1.54, 1.807) is 13.2 Å². The van der Waals surface area contributed by atoms with Crippen molar-refractivity contribution in [1.82, 2.24) is 20.2 Å². The predicted octanol–water partition coefficient (Wildman–Crippen LogP) is 0.180. The molecule has 1 aromatic heterocycles. The van der Waals surface area contributed by atoms with Crippen LogP contribution in [-0.2, 0) is 11.3 Å². The fourth-order valence-electron chi connectivity index (χ4n) is 1.36. The SMILES string of the molecule is COCCOc1cccc(-n2nnc(CO)n2)c1. The number of hydrogen-bond acceptors (Lipinski definition) is 6. The molecule has 96 valence electrons. The van der Waals surface area contributed by atoms with Crippen LogP contribution in [0.2, 0.25) is 0 Å². The van der Waals surface area contributed by atoms with E-state index in [2.05, 4.69) is 15.4 Å². The van der Waals surface area contributed by atoms with Crippen molar-refractivity contribution < 1.29 is 14.6 Å². The van der Waals surface area contributed by atoms with Crippen LogP contribution in [0.15, 0.2) is 24.3 Å². The van der Waals surface area contributed by atoms with Crippen LogP contribution in [0.5, 0.6) is 5.75 Å². The predicted molar refractivity (Wildman–Crippen MR) is 62.4 cm³/mol. The van der Waals surface area contributed by atoms with Gasteiger partial charge in [0.05, 0.1) is 12.3 Å². The standard InChI is InChI=1S/C11H14N4O3/c1-17-5-6-18-10-4-2-3-9(7-10)15-13-11(8-16)12-14-15/h2-4,7,16H,5-6,8H2,1H3.